The van der Waals surface area contributed by atoms with Crippen LogP contribution in [-0.4, -0.2) is 24.5 Å². The van der Waals surface area contributed by atoms with Crippen molar-refractivity contribution in [3.05, 3.63) is 0 Å². The van der Waals surface area contributed by atoms with Gasteiger partial charge in [-0.05, 0) is 31.6 Å². The van der Waals surface area contributed by atoms with Gasteiger partial charge in [-0.1, -0.05) is 26.2 Å². The van der Waals surface area contributed by atoms with Gasteiger partial charge < -0.3 is 10.6 Å². The van der Waals surface area contributed by atoms with Crippen LogP contribution in [0.3, 0.4) is 0 Å². The number of carbonyl (C=O) groups excluding carboxylic acids is 1. The van der Waals surface area contributed by atoms with Crippen molar-refractivity contribution < 1.29 is 4.79 Å². The first-order valence-corrected chi connectivity index (χ1v) is 6.80. The van der Waals surface area contributed by atoms with Gasteiger partial charge in [0.1, 0.15) is 0 Å². The highest BCUT2D eigenvalue weighted by atomic mass is 16.2. The molecule has 2 aliphatic carbocycles. The largest absolute Gasteiger partial charge is 0.352 e. The van der Waals surface area contributed by atoms with Crippen molar-refractivity contribution >= 4 is 5.91 Å². The molecule has 2 N–H and O–H groups in total. The molecule has 2 saturated carbocycles. The SMILES string of the molecule is CCC1CCCC(NC(=O)CNC2CC2)C1. The van der Waals surface area contributed by atoms with Crippen LogP contribution in [0.1, 0.15) is 51.9 Å². The van der Waals surface area contributed by atoms with Crippen LogP contribution in [0.5, 0.6) is 0 Å². The summed E-state index contributed by atoms with van der Waals surface area (Å²) in [6, 6.07) is 1.06. The van der Waals surface area contributed by atoms with Crippen LogP contribution in [0.4, 0.5) is 0 Å². The maximum absolute atomic E-state index is 11.7. The Morgan fingerprint density at radius 1 is 1.19 bits per heavy atom. The molecule has 16 heavy (non-hydrogen) atoms. The number of amides is 1. The summed E-state index contributed by atoms with van der Waals surface area (Å²) in [6.07, 6.45) is 8.73. The van der Waals surface area contributed by atoms with Gasteiger partial charge >= 0.3 is 0 Å². The summed E-state index contributed by atoms with van der Waals surface area (Å²) in [6.45, 7) is 2.77. The van der Waals surface area contributed by atoms with E-state index in [1.807, 2.05) is 0 Å². The molecule has 0 saturated heterocycles. The predicted octanol–water partition coefficient (Wildman–Crippen LogP) is 1.82. The monoisotopic (exact) mass is 224 g/mol. The number of hydrogen-bond acceptors (Lipinski definition) is 2. The molecule has 0 spiro atoms. The van der Waals surface area contributed by atoms with Crippen molar-refractivity contribution in [3.8, 4) is 0 Å². The Morgan fingerprint density at radius 2 is 2.00 bits per heavy atom. The van der Waals surface area contributed by atoms with E-state index in [0.29, 0.717) is 18.6 Å². The van der Waals surface area contributed by atoms with Gasteiger partial charge in [0.2, 0.25) is 5.91 Å². The van der Waals surface area contributed by atoms with E-state index in [-0.39, 0.29) is 5.91 Å². The zero-order chi connectivity index (χ0) is 11.4. The van der Waals surface area contributed by atoms with E-state index in [1.165, 1.54) is 44.9 Å². The van der Waals surface area contributed by atoms with Crippen LogP contribution in [0.15, 0.2) is 0 Å². The van der Waals surface area contributed by atoms with Gasteiger partial charge in [-0.15, -0.1) is 0 Å². The molecule has 2 atom stereocenters. The van der Waals surface area contributed by atoms with Crippen LogP contribution >= 0.6 is 0 Å². The Kier molecular flexibility index (Phi) is 4.22. The quantitative estimate of drug-likeness (QED) is 0.748. The third-order valence-electron chi connectivity index (χ3n) is 3.85. The summed E-state index contributed by atoms with van der Waals surface area (Å²) in [7, 11) is 0. The fourth-order valence-corrected chi connectivity index (χ4v) is 2.60. The Bertz CT molecular complexity index is 238. The second-order valence-corrected chi connectivity index (χ2v) is 5.36. The third kappa shape index (κ3) is 3.78. The average molecular weight is 224 g/mol. The molecule has 0 aromatic rings. The summed E-state index contributed by atoms with van der Waals surface area (Å²) in [5.74, 6) is 1.02. The van der Waals surface area contributed by atoms with Crippen molar-refractivity contribution in [2.45, 2.75) is 64.0 Å². The molecule has 2 fully saturated rings. The molecule has 0 aliphatic heterocycles. The Balaban J connectivity index is 1.64. The average Bonchev–Trinajstić information content (AvgIpc) is 3.10. The summed E-state index contributed by atoms with van der Waals surface area (Å²) in [4.78, 5) is 11.7. The Labute approximate surface area is 98.4 Å². The van der Waals surface area contributed by atoms with E-state index in [1.54, 1.807) is 0 Å². The van der Waals surface area contributed by atoms with Gasteiger partial charge in [0.25, 0.3) is 0 Å². The van der Waals surface area contributed by atoms with E-state index < -0.39 is 0 Å². The smallest absolute Gasteiger partial charge is 0.234 e. The zero-order valence-corrected chi connectivity index (χ0v) is 10.3. The fraction of sp³-hybridized carbons (Fsp3) is 0.923. The molecule has 0 heterocycles. The number of rotatable bonds is 5. The van der Waals surface area contributed by atoms with Crippen molar-refractivity contribution in [2.24, 2.45) is 5.92 Å². The minimum absolute atomic E-state index is 0.189. The lowest BCUT2D eigenvalue weighted by atomic mass is 9.84. The van der Waals surface area contributed by atoms with Crippen LogP contribution in [-0.2, 0) is 4.79 Å². The minimum atomic E-state index is 0.189. The van der Waals surface area contributed by atoms with Crippen molar-refractivity contribution in [2.75, 3.05) is 6.54 Å². The maximum Gasteiger partial charge on any atom is 0.234 e. The third-order valence-corrected chi connectivity index (χ3v) is 3.85. The van der Waals surface area contributed by atoms with Crippen molar-refractivity contribution in [3.63, 3.8) is 0 Å². The standard InChI is InChI=1S/C13H24N2O/c1-2-10-4-3-5-12(8-10)15-13(16)9-14-11-6-7-11/h10-12,14H,2-9H2,1H3,(H,15,16). The molecule has 1 amide bonds. The van der Waals surface area contributed by atoms with Gasteiger partial charge in [-0.25, -0.2) is 0 Å². The van der Waals surface area contributed by atoms with E-state index in [0.717, 1.165) is 5.92 Å². The van der Waals surface area contributed by atoms with Gasteiger partial charge in [-0.3, -0.25) is 4.79 Å². The van der Waals surface area contributed by atoms with Gasteiger partial charge in [0, 0.05) is 12.1 Å². The van der Waals surface area contributed by atoms with E-state index in [2.05, 4.69) is 17.6 Å². The topological polar surface area (TPSA) is 41.1 Å². The predicted molar refractivity (Wildman–Crippen MR) is 65.2 cm³/mol. The molecule has 2 rings (SSSR count). The minimum Gasteiger partial charge on any atom is -0.352 e. The fourth-order valence-electron chi connectivity index (χ4n) is 2.60. The first kappa shape index (κ1) is 11.9. The molecule has 0 aromatic heterocycles. The molecule has 0 radical (unpaired) electrons. The van der Waals surface area contributed by atoms with Gasteiger partial charge in [0.15, 0.2) is 0 Å². The normalized spacial score (nSPS) is 30.1. The van der Waals surface area contributed by atoms with Crippen LogP contribution in [0.25, 0.3) is 0 Å². The van der Waals surface area contributed by atoms with Crippen molar-refractivity contribution in [1.82, 2.24) is 10.6 Å². The van der Waals surface area contributed by atoms with Crippen LogP contribution in [0.2, 0.25) is 0 Å². The second-order valence-electron chi connectivity index (χ2n) is 5.36. The van der Waals surface area contributed by atoms with Crippen LogP contribution in [0, 0.1) is 5.92 Å². The molecule has 92 valence electrons. The molecular formula is C13H24N2O. The van der Waals surface area contributed by atoms with Crippen molar-refractivity contribution in [1.29, 1.82) is 0 Å². The lowest BCUT2D eigenvalue weighted by molar-refractivity contribution is -0.121. The number of carbonyl (C=O) groups is 1. The highest BCUT2D eigenvalue weighted by Crippen LogP contribution is 2.26. The lowest BCUT2D eigenvalue weighted by Gasteiger charge is -2.29. The molecule has 3 heteroatoms. The van der Waals surface area contributed by atoms with E-state index in [9.17, 15) is 4.79 Å². The van der Waals surface area contributed by atoms with Crippen LogP contribution < -0.4 is 10.6 Å². The summed E-state index contributed by atoms with van der Waals surface area (Å²) in [5, 5.41) is 6.42. The first-order valence-electron chi connectivity index (χ1n) is 6.80. The number of hydrogen-bond donors (Lipinski definition) is 2. The Hall–Kier alpha value is -0.570. The maximum atomic E-state index is 11.7. The molecule has 3 nitrogen and oxygen atoms in total. The molecule has 2 unspecified atom stereocenters. The lowest BCUT2D eigenvalue weighted by Crippen LogP contribution is -2.43. The highest BCUT2D eigenvalue weighted by Gasteiger charge is 2.24. The zero-order valence-electron chi connectivity index (χ0n) is 10.3. The summed E-state index contributed by atoms with van der Waals surface area (Å²) >= 11 is 0. The molecule has 2 aliphatic rings. The molecular weight excluding hydrogens is 200 g/mol. The van der Waals surface area contributed by atoms with E-state index >= 15 is 0 Å². The second kappa shape index (κ2) is 5.67. The van der Waals surface area contributed by atoms with Gasteiger partial charge in [0.05, 0.1) is 6.54 Å². The molecule has 0 bridgehead atoms. The molecule has 0 aromatic carbocycles. The van der Waals surface area contributed by atoms with E-state index in [4.69, 9.17) is 0 Å². The summed E-state index contributed by atoms with van der Waals surface area (Å²) in [5.41, 5.74) is 0. The Morgan fingerprint density at radius 3 is 2.69 bits per heavy atom. The van der Waals surface area contributed by atoms with Gasteiger partial charge in [-0.2, -0.15) is 0 Å². The number of nitrogens with one attached hydrogen (secondary N) is 2. The summed E-state index contributed by atoms with van der Waals surface area (Å²) < 4.78 is 0. The first-order chi connectivity index (χ1) is 7.78. The highest BCUT2D eigenvalue weighted by molar-refractivity contribution is 5.78.